The van der Waals surface area contributed by atoms with Crippen molar-refractivity contribution in [2.24, 2.45) is 0 Å². The first-order valence-corrected chi connectivity index (χ1v) is 8.23. The van der Waals surface area contributed by atoms with Crippen LogP contribution >= 0.6 is 28.4 Å². The van der Waals surface area contributed by atoms with E-state index >= 15 is 0 Å². The standard InChI is InChI=1S/C7H17IS/c1-6-7(2,3)9(4,5)8/h6H2,1-5H3. The van der Waals surface area contributed by atoms with Crippen molar-refractivity contribution in [2.75, 3.05) is 12.5 Å². The van der Waals surface area contributed by atoms with Gasteiger partial charge in [-0.3, -0.25) is 0 Å². The van der Waals surface area contributed by atoms with Crippen LogP contribution in [0.3, 0.4) is 0 Å². The van der Waals surface area contributed by atoms with E-state index in [-0.39, 0.29) is 7.20 Å². The number of rotatable bonds is 2. The predicted octanol–water partition coefficient (Wildman–Crippen LogP) is 3.59. The Morgan fingerprint density at radius 2 is 1.67 bits per heavy atom. The molecule has 0 saturated heterocycles. The molecule has 0 aromatic carbocycles. The summed E-state index contributed by atoms with van der Waals surface area (Å²) in [4.78, 5) is 0. The van der Waals surface area contributed by atoms with Crippen molar-refractivity contribution in [3.63, 3.8) is 0 Å². The molecule has 0 aromatic rings. The van der Waals surface area contributed by atoms with Gasteiger partial charge in [-0.05, 0) is 40.1 Å². The Kier molecular flexibility index (Phi) is 3.35. The monoisotopic (exact) mass is 260 g/mol. The highest BCUT2D eigenvalue weighted by atomic mass is 127. The minimum absolute atomic E-state index is 0.382. The van der Waals surface area contributed by atoms with Crippen molar-refractivity contribution in [3.8, 4) is 0 Å². The Hall–Kier alpha value is 1.08. The van der Waals surface area contributed by atoms with Crippen molar-refractivity contribution < 1.29 is 0 Å². The molecule has 0 aliphatic carbocycles. The van der Waals surface area contributed by atoms with Crippen LogP contribution in [0, 0.1) is 0 Å². The highest BCUT2D eigenvalue weighted by Crippen LogP contribution is 2.61. The van der Waals surface area contributed by atoms with Crippen LogP contribution in [0.25, 0.3) is 0 Å². The molecule has 0 unspecified atom stereocenters. The SMILES string of the molecule is CCC(C)(C)S(C)(C)I. The maximum absolute atomic E-state index is 2.60. The van der Waals surface area contributed by atoms with E-state index in [0.717, 1.165) is 0 Å². The second-order valence-electron chi connectivity index (χ2n) is 3.32. The van der Waals surface area contributed by atoms with Gasteiger partial charge in [0.2, 0.25) is 0 Å². The zero-order valence-corrected chi connectivity index (χ0v) is 9.97. The fourth-order valence-corrected chi connectivity index (χ4v) is 1.96. The van der Waals surface area contributed by atoms with E-state index in [1.807, 2.05) is 0 Å². The summed E-state index contributed by atoms with van der Waals surface area (Å²) < 4.78 is 0.549. The van der Waals surface area contributed by atoms with Crippen LogP contribution in [-0.2, 0) is 0 Å². The smallest absolute Gasteiger partial charge is 0.00198 e. The molecule has 0 aliphatic heterocycles. The molecule has 0 aliphatic rings. The third-order valence-electron chi connectivity index (χ3n) is 2.17. The Morgan fingerprint density at radius 1 is 1.33 bits per heavy atom. The molecule has 0 nitrogen and oxygen atoms in total. The summed E-state index contributed by atoms with van der Waals surface area (Å²) in [5, 5.41) is 0. The molecular weight excluding hydrogens is 243 g/mol. The van der Waals surface area contributed by atoms with Gasteiger partial charge in [0.25, 0.3) is 0 Å². The van der Waals surface area contributed by atoms with Gasteiger partial charge in [0.05, 0.1) is 0 Å². The molecule has 0 radical (unpaired) electrons. The van der Waals surface area contributed by atoms with Crippen LogP contribution < -0.4 is 0 Å². The highest BCUT2D eigenvalue weighted by molar-refractivity contribution is 14.2. The third-order valence-corrected chi connectivity index (χ3v) is 8.66. The van der Waals surface area contributed by atoms with Gasteiger partial charge in [-0.1, -0.05) is 20.8 Å². The van der Waals surface area contributed by atoms with Crippen LogP contribution in [0.5, 0.6) is 0 Å². The van der Waals surface area contributed by atoms with Gasteiger partial charge < -0.3 is 0 Å². The number of halogens is 1. The normalized spacial score (nSPS) is 15.8. The number of hydrogen-bond donors (Lipinski definition) is 0. The molecule has 0 N–H and O–H groups in total. The van der Waals surface area contributed by atoms with Gasteiger partial charge in [-0.2, -0.15) is 7.20 Å². The molecule has 0 atom stereocenters. The van der Waals surface area contributed by atoms with Crippen LogP contribution in [0.4, 0.5) is 0 Å². The molecule has 0 aromatic heterocycles. The molecular formula is C7H17IS. The van der Waals surface area contributed by atoms with Crippen molar-refractivity contribution in [1.29, 1.82) is 0 Å². The molecule has 9 heavy (non-hydrogen) atoms. The van der Waals surface area contributed by atoms with Gasteiger partial charge >= 0.3 is 0 Å². The molecule has 58 valence electrons. The Balaban J connectivity index is 4.14. The lowest BCUT2D eigenvalue weighted by molar-refractivity contribution is 0.681. The van der Waals surface area contributed by atoms with Crippen molar-refractivity contribution >= 4 is 28.4 Å². The van der Waals surface area contributed by atoms with Gasteiger partial charge in [-0.15, -0.1) is 0 Å². The van der Waals surface area contributed by atoms with Crippen LogP contribution in [0.15, 0.2) is 0 Å². The first-order chi connectivity index (χ1) is 3.81. The van der Waals surface area contributed by atoms with Crippen LogP contribution in [0.2, 0.25) is 0 Å². The first kappa shape index (κ1) is 10.1. The summed E-state index contributed by atoms with van der Waals surface area (Å²) in [5.74, 6) is 0. The van der Waals surface area contributed by atoms with E-state index < -0.39 is 0 Å². The summed E-state index contributed by atoms with van der Waals surface area (Å²) in [6, 6.07) is 0. The van der Waals surface area contributed by atoms with E-state index in [1.165, 1.54) is 6.42 Å². The molecule has 0 bridgehead atoms. The molecule has 0 saturated carbocycles. The van der Waals surface area contributed by atoms with Crippen molar-refractivity contribution in [1.82, 2.24) is 0 Å². The van der Waals surface area contributed by atoms with Crippen molar-refractivity contribution in [3.05, 3.63) is 0 Å². The number of hydrogen-bond acceptors (Lipinski definition) is 0. The predicted molar refractivity (Wildman–Crippen MR) is 57.8 cm³/mol. The average Bonchev–Trinajstić information content (AvgIpc) is 1.64. The van der Waals surface area contributed by atoms with E-state index in [0.29, 0.717) is 4.75 Å². The van der Waals surface area contributed by atoms with Gasteiger partial charge in [0.1, 0.15) is 0 Å². The van der Waals surface area contributed by atoms with Gasteiger partial charge in [-0.25, -0.2) is 0 Å². The third kappa shape index (κ3) is 2.66. The molecule has 0 spiro atoms. The van der Waals surface area contributed by atoms with Gasteiger partial charge in [0.15, 0.2) is 0 Å². The summed E-state index contributed by atoms with van der Waals surface area (Å²) in [6.45, 7) is 6.98. The van der Waals surface area contributed by atoms with Crippen LogP contribution in [0.1, 0.15) is 27.2 Å². The van der Waals surface area contributed by atoms with E-state index in [2.05, 4.69) is 54.5 Å². The quantitative estimate of drug-likeness (QED) is 0.665. The lowest BCUT2D eigenvalue weighted by atomic mass is 10.1. The largest absolute Gasteiger partial charge is 0.188 e. The fraction of sp³-hybridized carbons (Fsp3) is 1.00. The first-order valence-electron chi connectivity index (χ1n) is 3.24. The second kappa shape index (κ2) is 2.99. The molecule has 0 amide bonds. The summed E-state index contributed by atoms with van der Waals surface area (Å²) in [5.41, 5.74) is 0. The zero-order chi connectivity index (χ0) is 7.71. The van der Waals surface area contributed by atoms with Gasteiger partial charge in [0, 0.05) is 4.75 Å². The molecule has 0 rings (SSSR count). The lowest BCUT2D eigenvalue weighted by Crippen LogP contribution is -2.21. The van der Waals surface area contributed by atoms with Crippen molar-refractivity contribution in [2.45, 2.75) is 31.9 Å². The Labute approximate surface area is 72.7 Å². The maximum atomic E-state index is 2.60. The van der Waals surface area contributed by atoms with E-state index in [1.54, 1.807) is 0 Å². The highest BCUT2D eigenvalue weighted by Gasteiger charge is 2.27. The molecule has 0 heterocycles. The topological polar surface area (TPSA) is 0 Å². The summed E-state index contributed by atoms with van der Waals surface area (Å²) >= 11 is 2.60. The Morgan fingerprint density at radius 3 is 1.67 bits per heavy atom. The summed E-state index contributed by atoms with van der Waals surface area (Å²) in [6.07, 6.45) is 6.03. The van der Waals surface area contributed by atoms with Crippen LogP contribution in [-0.4, -0.2) is 17.3 Å². The minimum Gasteiger partial charge on any atom is -0.188 e. The Bertz CT molecular complexity index is 91.6. The minimum atomic E-state index is -0.382. The fourth-order valence-electron chi connectivity index (χ4n) is 0.343. The second-order valence-corrected chi connectivity index (χ2v) is 13.4. The lowest BCUT2D eigenvalue weighted by Gasteiger charge is -2.41. The van der Waals surface area contributed by atoms with E-state index in [9.17, 15) is 0 Å². The maximum Gasteiger partial charge on any atom is 0.00198 e. The summed E-state index contributed by atoms with van der Waals surface area (Å²) in [7, 11) is -0.382. The zero-order valence-electron chi connectivity index (χ0n) is 6.99. The average molecular weight is 260 g/mol. The molecule has 2 heteroatoms. The van der Waals surface area contributed by atoms with E-state index in [4.69, 9.17) is 0 Å². The molecule has 0 fully saturated rings.